The van der Waals surface area contributed by atoms with E-state index in [-0.39, 0.29) is 6.04 Å². The average Bonchev–Trinajstić information content (AvgIpc) is 2.37. The van der Waals surface area contributed by atoms with Crippen molar-refractivity contribution in [3.05, 3.63) is 33.8 Å². The molecule has 0 amide bonds. The third-order valence-electron chi connectivity index (χ3n) is 1.15. The number of rotatable bonds is 1. The van der Waals surface area contributed by atoms with Crippen molar-refractivity contribution in [1.82, 2.24) is 0 Å². The van der Waals surface area contributed by atoms with Crippen LogP contribution in [-0.2, 0) is 0 Å². The summed E-state index contributed by atoms with van der Waals surface area (Å²) in [4.78, 5) is 4.55. The van der Waals surface area contributed by atoms with Crippen molar-refractivity contribution in [2.45, 2.75) is 13.0 Å². The minimum Gasteiger partial charge on any atom is -0.308 e. The van der Waals surface area contributed by atoms with Crippen molar-refractivity contribution in [1.29, 1.82) is 0 Å². The van der Waals surface area contributed by atoms with Crippen molar-refractivity contribution in [3.8, 4) is 0 Å². The smallest absolute Gasteiger partial charge is 0.254 e. The van der Waals surface area contributed by atoms with Gasteiger partial charge in [0.2, 0.25) is 0 Å². The first-order valence-electron chi connectivity index (χ1n) is 2.74. The molecule has 0 aliphatic rings. The van der Waals surface area contributed by atoms with E-state index in [1.165, 1.54) is 0 Å². The zero-order chi connectivity index (χ0) is 6.69. The predicted octanol–water partition coefficient (Wildman–Crippen LogP) is 2.73. The van der Waals surface area contributed by atoms with Crippen LogP contribution in [0.5, 0.6) is 0 Å². The molecule has 1 aromatic rings. The average molecular weight is 137 g/mol. The lowest BCUT2D eigenvalue weighted by Gasteiger charge is -1.89. The lowest BCUT2D eigenvalue weighted by molar-refractivity contribution is 0.991. The van der Waals surface area contributed by atoms with E-state index in [4.69, 9.17) is 6.57 Å². The summed E-state index contributed by atoms with van der Waals surface area (Å²) >= 11 is 1.64. The van der Waals surface area contributed by atoms with Crippen LogP contribution >= 0.6 is 11.3 Å². The van der Waals surface area contributed by atoms with Crippen LogP contribution in [0.4, 0.5) is 0 Å². The van der Waals surface area contributed by atoms with Crippen molar-refractivity contribution in [2.24, 2.45) is 0 Å². The van der Waals surface area contributed by atoms with Crippen LogP contribution in [0.3, 0.4) is 0 Å². The Hall–Kier alpha value is -0.810. The van der Waals surface area contributed by atoms with Crippen LogP contribution in [0, 0.1) is 6.57 Å². The molecule has 1 aromatic heterocycles. The molecule has 0 fully saturated rings. The molecule has 0 aromatic carbocycles. The zero-order valence-electron chi connectivity index (χ0n) is 5.16. The van der Waals surface area contributed by atoms with Crippen molar-refractivity contribution >= 4 is 11.3 Å². The molecule has 1 nitrogen and oxygen atoms in total. The molecular formula is C7H7NS. The second-order valence-electron chi connectivity index (χ2n) is 1.82. The highest BCUT2D eigenvalue weighted by atomic mass is 32.1. The van der Waals surface area contributed by atoms with Gasteiger partial charge in [0.15, 0.2) is 0 Å². The van der Waals surface area contributed by atoms with Gasteiger partial charge in [0.25, 0.3) is 6.04 Å². The number of hydrogen-bond donors (Lipinski definition) is 0. The monoisotopic (exact) mass is 137 g/mol. The van der Waals surface area contributed by atoms with Gasteiger partial charge in [-0.25, -0.2) is 6.57 Å². The Morgan fingerprint density at radius 2 is 2.56 bits per heavy atom. The largest absolute Gasteiger partial charge is 0.308 e. The molecule has 0 saturated heterocycles. The van der Waals surface area contributed by atoms with Crippen LogP contribution in [0.2, 0.25) is 0 Å². The maximum Gasteiger partial charge on any atom is 0.254 e. The Bertz CT molecular complexity index is 207. The van der Waals surface area contributed by atoms with E-state index in [2.05, 4.69) is 4.85 Å². The van der Waals surface area contributed by atoms with Crippen LogP contribution in [0.15, 0.2) is 17.5 Å². The van der Waals surface area contributed by atoms with Gasteiger partial charge in [-0.05, 0) is 11.4 Å². The second-order valence-corrected chi connectivity index (χ2v) is 2.80. The molecule has 0 radical (unpaired) electrons. The molecule has 0 N–H and O–H groups in total. The van der Waals surface area contributed by atoms with Crippen molar-refractivity contribution < 1.29 is 0 Å². The predicted molar refractivity (Wildman–Crippen MR) is 39.3 cm³/mol. The molecule has 1 rings (SSSR count). The Balaban J connectivity index is 2.80. The lowest BCUT2D eigenvalue weighted by Crippen LogP contribution is -1.77. The quantitative estimate of drug-likeness (QED) is 0.524. The molecule has 0 aliphatic heterocycles. The van der Waals surface area contributed by atoms with Gasteiger partial charge in [-0.1, -0.05) is 6.07 Å². The minimum atomic E-state index is 0.0463. The number of thiophene rings is 1. The van der Waals surface area contributed by atoms with E-state index < -0.39 is 0 Å². The molecule has 1 heterocycles. The van der Waals surface area contributed by atoms with E-state index in [0.29, 0.717) is 0 Å². The molecule has 46 valence electrons. The molecule has 1 atom stereocenters. The molecule has 0 spiro atoms. The third-order valence-corrected chi connectivity index (χ3v) is 2.19. The topological polar surface area (TPSA) is 4.36 Å². The summed E-state index contributed by atoms with van der Waals surface area (Å²) in [6.07, 6.45) is 0. The molecule has 0 saturated carbocycles. The Kier molecular flexibility index (Phi) is 1.86. The van der Waals surface area contributed by atoms with Gasteiger partial charge < -0.3 is 4.85 Å². The van der Waals surface area contributed by atoms with Gasteiger partial charge in [0.1, 0.15) is 0 Å². The third kappa shape index (κ3) is 1.30. The van der Waals surface area contributed by atoms with Gasteiger partial charge in [0, 0.05) is 6.92 Å². The maximum absolute atomic E-state index is 6.72. The highest BCUT2D eigenvalue weighted by molar-refractivity contribution is 7.10. The Labute approximate surface area is 58.8 Å². The fourth-order valence-corrected chi connectivity index (χ4v) is 1.31. The lowest BCUT2D eigenvalue weighted by atomic mass is 10.3. The fraction of sp³-hybridized carbons (Fsp3) is 0.286. The second kappa shape index (κ2) is 2.65. The summed E-state index contributed by atoms with van der Waals surface area (Å²) in [5, 5.41) is 2.00. The summed E-state index contributed by atoms with van der Waals surface area (Å²) in [5.41, 5.74) is 0. The first-order valence-corrected chi connectivity index (χ1v) is 3.62. The number of hydrogen-bond acceptors (Lipinski definition) is 1. The normalized spacial score (nSPS) is 12.4. The SMILES string of the molecule is [C-]#[N+]C(C)c1cccs1. The van der Waals surface area contributed by atoms with Crippen LogP contribution in [0.25, 0.3) is 4.85 Å². The molecular weight excluding hydrogens is 130 g/mol. The summed E-state index contributed by atoms with van der Waals surface area (Å²) in [7, 11) is 0. The van der Waals surface area contributed by atoms with Crippen LogP contribution in [-0.4, -0.2) is 0 Å². The maximum atomic E-state index is 6.72. The van der Waals surface area contributed by atoms with E-state index >= 15 is 0 Å². The number of nitrogens with zero attached hydrogens (tertiary/aromatic N) is 1. The van der Waals surface area contributed by atoms with Crippen molar-refractivity contribution in [2.75, 3.05) is 0 Å². The Morgan fingerprint density at radius 3 is 3.00 bits per heavy atom. The van der Waals surface area contributed by atoms with E-state index in [9.17, 15) is 0 Å². The van der Waals surface area contributed by atoms with Gasteiger partial charge in [0.05, 0.1) is 4.88 Å². The first kappa shape index (κ1) is 6.31. The highest BCUT2D eigenvalue weighted by Crippen LogP contribution is 2.20. The van der Waals surface area contributed by atoms with Gasteiger partial charge in [-0.3, -0.25) is 0 Å². The summed E-state index contributed by atoms with van der Waals surface area (Å²) in [6.45, 7) is 8.63. The van der Waals surface area contributed by atoms with E-state index in [1.54, 1.807) is 11.3 Å². The molecule has 0 aliphatic carbocycles. The molecule has 1 unspecified atom stereocenters. The van der Waals surface area contributed by atoms with Gasteiger partial charge in [-0.2, -0.15) is 0 Å². The summed E-state index contributed by atoms with van der Waals surface area (Å²) in [5.74, 6) is 0. The summed E-state index contributed by atoms with van der Waals surface area (Å²) in [6, 6.07) is 4.01. The summed E-state index contributed by atoms with van der Waals surface area (Å²) < 4.78 is 0. The van der Waals surface area contributed by atoms with E-state index in [0.717, 1.165) is 4.88 Å². The highest BCUT2D eigenvalue weighted by Gasteiger charge is 2.06. The van der Waals surface area contributed by atoms with Gasteiger partial charge >= 0.3 is 0 Å². The zero-order valence-corrected chi connectivity index (χ0v) is 5.98. The molecule has 2 heteroatoms. The molecule has 9 heavy (non-hydrogen) atoms. The van der Waals surface area contributed by atoms with Crippen LogP contribution in [0.1, 0.15) is 17.8 Å². The van der Waals surface area contributed by atoms with Crippen LogP contribution < -0.4 is 0 Å². The van der Waals surface area contributed by atoms with Crippen molar-refractivity contribution in [3.63, 3.8) is 0 Å². The van der Waals surface area contributed by atoms with Gasteiger partial charge in [-0.15, -0.1) is 11.3 Å². The first-order chi connectivity index (χ1) is 4.34. The minimum absolute atomic E-state index is 0.0463. The Morgan fingerprint density at radius 1 is 1.78 bits per heavy atom. The molecule has 0 bridgehead atoms. The fourth-order valence-electron chi connectivity index (χ4n) is 0.593. The van der Waals surface area contributed by atoms with E-state index in [1.807, 2.05) is 24.4 Å². The standard InChI is InChI=1S/C7H7NS/c1-6(8-2)7-4-3-5-9-7/h3-6H,1H3.